The summed E-state index contributed by atoms with van der Waals surface area (Å²) in [5.74, 6) is 1.16. The summed E-state index contributed by atoms with van der Waals surface area (Å²) in [4.78, 5) is 0.359. The number of sulfonamides is 1. The third-order valence-electron chi connectivity index (χ3n) is 4.78. The van der Waals surface area contributed by atoms with Crippen LogP contribution in [0.4, 0.5) is 0 Å². The van der Waals surface area contributed by atoms with Gasteiger partial charge in [-0.15, -0.1) is 0 Å². The van der Waals surface area contributed by atoms with E-state index in [0.717, 1.165) is 31.7 Å². The third kappa shape index (κ3) is 3.54. The van der Waals surface area contributed by atoms with Crippen molar-refractivity contribution in [3.8, 4) is 5.75 Å². The molecule has 1 aromatic rings. The van der Waals surface area contributed by atoms with Crippen LogP contribution in [0.5, 0.6) is 5.75 Å². The minimum Gasteiger partial charge on any atom is -0.493 e. The van der Waals surface area contributed by atoms with Gasteiger partial charge in [-0.1, -0.05) is 13.8 Å². The Bertz CT molecular complexity index is 634. The van der Waals surface area contributed by atoms with Crippen molar-refractivity contribution in [1.29, 1.82) is 0 Å². The first-order chi connectivity index (χ1) is 10.9. The zero-order valence-corrected chi connectivity index (χ0v) is 14.7. The van der Waals surface area contributed by atoms with Gasteiger partial charge in [0.2, 0.25) is 10.0 Å². The van der Waals surface area contributed by atoms with E-state index in [1.165, 1.54) is 0 Å². The zero-order valence-electron chi connectivity index (χ0n) is 13.9. The molecule has 2 saturated heterocycles. The van der Waals surface area contributed by atoms with Crippen molar-refractivity contribution in [1.82, 2.24) is 9.62 Å². The maximum atomic E-state index is 12.8. The summed E-state index contributed by atoms with van der Waals surface area (Å²) in [6.45, 7) is 7.98. The van der Waals surface area contributed by atoms with E-state index in [9.17, 15) is 8.42 Å². The van der Waals surface area contributed by atoms with E-state index in [2.05, 4.69) is 19.2 Å². The van der Waals surface area contributed by atoms with Crippen LogP contribution in [0.1, 0.15) is 26.7 Å². The van der Waals surface area contributed by atoms with Gasteiger partial charge in [0.05, 0.1) is 11.5 Å². The van der Waals surface area contributed by atoms with Gasteiger partial charge in [-0.3, -0.25) is 0 Å². The second-order valence-electron chi connectivity index (χ2n) is 7.19. The Labute approximate surface area is 139 Å². The predicted octanol–water partition coefficient (Wildman–Crippen LogP) is 2.10. The Kier molecular flexibility index (Phi) is 4.67. The molecule has 5 nitrogen and oxygen atoms in total. The van der Waals surface area contributed by atoms with Crippen molar-refractivity contribution in [3.63, 3.8) is 0 Å². The molecule has 1 atom stereocenters. The first-order valence-corrected chi connectivity index (χ1v) is 9.79. The Morgan fingerprint density at radius 1 is 1.26 bits per heavy atom. The molecule has 2 aliphatic heterocycles. The molecule has 6 heteroatoms. The van der Waals surface area contributed by atoms with E-state index >= 15 is 0 Å². The monoisotopic (exact) mass is 338 g/mol. The van der Waals surface area contributed by atoms with Gasteiger partial charge in [0.25, 0.3) is 0 Å². The molecule has 0 bridgehead atoms. The Balaban J connectivity index is 1.70. The van der Waals surface area contributed by atoms with Crippen molar-refractivity contribution in [3.05, 3.63) is 24.3 Å². The molecule has 2 fully saturated rings. The molecule has 23 heavy (non-hydrogen) atoms. The topological polar surface area (TPSA) is 58.6 Å². The molecule has 1 unspecified atom stereocenters. The molecule has 1 spiro atoms. The first kappa shape index (κ1) is 16.7. The number of benzene rings is 1. The highest BCUT2D eigenvalue weighted by molar-refractivity contribution is 7.89. The maximum Gasteiger partial charge on any atom is 0.243 e. The summed E-state index contributed by atoms with van der Waals surface area (Å²) in [5, 5.41) is 3.36. The maximum absolute atomic E-state index is 12.8. The molecule has 0 amide bonds. The SMILES string of the molecule is CC(C)COc1ccc(S(=O)(=O)N2CCC3(CCNC3)C2)cc1. The van der Waals surface area contributed by atoms with Crippen LogP contribution in [0.3, 0.4) is 0 Å². The Morgan fingerprint density at radius 3 is 2.61 bits per heavy atom. The molecular formula is C17H26N2O3S. The van der Waals surface area contributed by atoms with Crippen molar-refractivity contribution < 1.29 is 13.2 Å². The minimum atomic E-state index is -3.40. The Morgan fingerprint density at radius 2 is 2.00 bits per heavy atom. The van der Waals surface area contributed by atoms with Crippen LogP contribution in [-0.4, -0.2) is 45.5 Å². The van der Waals surface area contributed by atoms with Crippen molar-refractivity contribution in [2.24, 2.45) is 11.3 Å². The van der Waals surface area contributed by atoms with E-state index < -0.39 is 10.0 Å². The van der Waals surface area contributed by atoms with Crippen LogP contribution >= 0.6 is 0 Å². The summed E-state index contributed by atoms with van der Waals surface area (Å²) in [7, 11) is -3.40. The molecule has 2 heterocycles. The van der Waals surface area contributed by atoms with Crippen LogP contribution in [0.2, 0.25) is 0 Å². The quantitative estimate of drug-likeness (QED) is 0.893. The summed E-state index contributed by atoms with van der Waals surface area (Å²) in [6.07, 6.45) is 2.02. The van der Waals surface area contributed by atoms with Gasteiger partial charge in [-0.05, 0) is 55.0 Å². The fourth-order valence-electron chi connectivity index (χ4n) is 3.36. The lowest BCUT2D eigenvalue weighted by molar-refractivity contribution is 0.271. The fourth-order valence-corrected chi connectivity index (χ4v) is 4.92. The molecule has 1 aromatic carbocycles. The number of nitrogens with one attached hydrogen (secondary N) is 1. The molecule has 0 aromatic heterocycles. The summed E-state index contributed by atoms with van der Waals surface area (Å²) in [6, 6.07) is 6.81. The van der Waals surface area contributed by atoms with Gasteiger partial charge in [-0.2, -0.15) is 4.31 Å². The summed E-state index contributed by atoms with van der Waals surface area (Å²) in [5.41, 5.74) is 0.146. The average molecular weight is 338 g/mol. The van der Waals surface area contributed by atoms with Gasteiger partial charge >= 0.3 is 0 Å². The number of ether oxygens (including phenoxy) is 1. The number of rotatable bonds is 5. The molecule has 2 aliphatic rings. The molecule has 1 N–H and O–H groups in total. The van der Waals surface area contributed by atoms with E-state index in [1.807, 2.05) is 0 Å². The third-order valence-corrected chi connectivity index (χ3v) is 6.64. The summed E-state index contributed by atoms with van der Waals surface area (Å²) < 4.78 is 32.9. The summed E-state index contributed by atoms with van der Waals surface area (Å²) >= 11 is 0. The van der Waals surface area contributed by atoms with Crippen LogP contribution in [0.25, 0.3) is 0 Å². The predicted molar refractivity (Wildman–Crippen MR) is 90.1 cm³/mol. The second-order valence-corrected chi connectivity index (χ2v) is 9.13. The van der Waals surface area contributed by atoms with Gasteiger partial charge in [0.15, 0.2) is 0 Å². The second kappa shape index (κ2) is 6.42. The van der Waals surface area contributed by atoms with Gasteiger partial charge in [0, 0.05) is 19.6 Å². The highest BCUT2D eigenvalue weighted by Crippen LogP contribution is 2.38. The minimum absolute atomic E-state index is 0.146. The van der Waals surface area contributed by atoms with Crippen LogP contribution in [0, 0.1) is 11.3 Å². The normalized spacial score (nSPS) is 25.5. The molecule has 0 radical (unpaired) electrons. The Hall–Kier alpha value is -1.11. The van der Waals surface area contributed by atoms with Crippen LogP contribution < -0.4 is 10.1 Å². The molecule has 128 valence electrons. The van der Waals surface area contributed by atoms with Crippen LogP contribution in [0.15, 0.2) is 29.2 Å². The highest BCUT2D eigenvalue weighted by Gasteiger charge is 2.44. The van der Waals surface area contributed by atoms with Crippen LogP contribution in [-0.2, 0) is 10.0 Å². The van der Waals surface area contributed by atoms with E-state index in [4.69, 9.17) is 4.74 Å². The first-order valence-electron chi connectivity index (χ1n) is 8.35. The zero-order chi connectivity index (χ0) is 16.5. The molecule has 0 aliphatic carbocycles. The van der Waals surface area contributed by atoms with Crippen molar-refractivity contribution in [2.75, 3.05) is 32.8 Å². The van der Waals surface area contributed by atoms with E-state index in [0.29, 0.717) is 30.5 Å². The average Bonchev–Trinajstić information content (AvgIpc) is 3.16. The largest absolute Gasteiger partial charge is 0.493 e. The van der Waals surface area contributed by atoms with Gasteiger partial charge < -0.3 is 10.1 Å². The van der Waals surface area contributed by atoms with Gasteiger partial charge in [0.1, 0.15) is 5.75 Å². The fraction of sp³-hybridized carbons (Fsp3) is 0.647. The lowest BCUT2D eigenvalue weighted by Crippen LogP contribution is -2.33. The van der Waals surface area contributed by atoms with Crippen molar-refractivity contribution in [2.45, 2.75) is 31.6 Å². The standard InChI is InChI=1S/C17H26N2O3S/c1-14(2)11-22-15-3-5-16(6-4-15)23(20,21)19-10-8-17(13-19)7-9-18-12-17/h3-6,14,18H,7-13H2,1-2H3. The van der Waals surface area contributed by atoms with Crippen molar-refractivity contribution >= 4 is 10.0 Å². The van der Waals surface area contributed by atoms with Gasteiger partial charge in [-0.25, -0.2) is 8.42 Å². The smallest absolute Gasteiger partial charge is 0.243 e. The number of hydrogen-bond acceptors (Lipinski definition) is 4. The molecular weight excluding hydrogens is 312 g/mol. The van der Waals surface area contributed by atoms with E-state index in [-0.39, 0.29) is 5.41 Å². The molecule has 3 rings (SSSR count). The number of nitrogens with zero attached hydrogens (tertiary/aromatic N) is 1. The molecule has 0 saturated carbocycles. The highest BCUT2D eigenvalue weighted by atomic mass is 32.2. The number of hydrogen-bond donors (Lipinski definition) is 1. The lowest BCUT2D eigenvalue weighted by atomic mass is 9.87. The lowest BCUT2D eigenvalue weighted by Gasteiger charge is -2.22. The van der Waals surface area contributed by atoms with E-state index in [1.54, 1.807) is 28.6 Å².